The lowest BCUT2D eigenvalue weighted by Gasteiger charge is -2.32. The molecule has 0 aromatic heterocycles. The molecule has 1 atom stereocenters. The van der Waals surface area contributed by atoms with E-state index in [1.54, 1.807) is 42.5 Å². The first-order valence-electron chi connectivity index (χ1n) is 16.8. The first-order chi connectivity index (χ1) is 22.3. The molecule has 1 unspecified atom stereocenters. The molecule has 46 heavy (non-hydrogen) atoms. The molecule has 2 aliphatic rings. The molecule has 1 amide bonds. The summed E-state index contributed by atoms with van der Waals surface area (Å²) >= 11 is 0. The molecule has 1 aliphatic heterocycles. The van der Waals surface area contributed by atoms with Gasteiger partial charge in [0.05, 0.1) is 6.61 Å². The monoisotopic (exact) mass is 626 g/mol. The maximum absolute atomic E-state index is 14.0. The van der Waals surface area contributed by atoms with Gasteiger partial charge in [0.2, 0.25) is 0 Å². The number of carbonyl (C=O) groups is 2. The normalized spacial score (nSPS) is 19.8. The standard InChI is InChI=1S/C39H47FN2O4/c1-4-45-24-23-41-39(44)34-22-19-30-16-15-27(2)42(26-35(30)28(34)3)25-29-9-7-11-31(12-8-10-29)38(43)32-17-20-33(21-18-32)46-37-14-6-5-13-36(37)40/h5-6,13-14,16-22,26-27,29,31H,4,7-12,15,23-25H2,1-3H3,(H,41,44). The van der Waals surface area contributed by atoms with E-state index in [4.69, 9.17) is 9.47 Å². The predicted octanol–water partition coefficient (Wildman–Crippen LogP) is 6.77. The van der Waals surface area contributed by atoms with Crippen LogP contribution in [0.15, 0.2) is 60.7 Å². The first kappa shape index (κ1) is 33.4. The number of para-hydroxylation sites is 1. The number of Topliss-reactive ketones (excluding diaryl/α,β-unsaturated/α-hetero) is 1. The average Bonchev–Trinajstić information content (AvgIpc) is 3.20. The Bertz CT molecular complexity index is 1610. The molecule has 1 aliphatic carbocycles. The average molecular weight is 627 g/mol. The van der Waals surface area contributed by atoms with Crippen LogP contribution >= 0.6 is 0 Å². The van der Waals surface area contributed by atoms with Crippen LogP contribution in [0.2, 0.25) is 0 Å². The summed E-state index contributed by atoms with van der Waals surface area (Å²) in [6.07, 6.45) is 11.5. The van der Waals surface area contributed by atoms with Gasteiger partial charge in [-0.2, -0.15) is 0 Å². The lowest BCUT2D eigenvalue weighted by Crippen LogP contribution is -2.37. The second kappa shape index (κ2) is 16.0. The van der Waals surface area contributed by atoms with Gasteiger partial charge in [0.25, 0.3) is 5.91 Å². The molecule has 3 aromatic rings. The Morgan fingerprint density at radius 1 is 0.978 bits per heavy atom. The molecule has 1 heterocycles. The Morgan fingerprint density at radius 2 is 1.72 bits per heavy atom. The van der Waals surface area contributed by atoms with E-state index < -0.39 is 5.82 Å². The molecular formula is C39H47FN2O4. The third kappa shape index (κ3) is 8.43. The van der Waals surface area contributed by atoms with Crippen LogP contribution in [0.25, 0.3) is 12.3 Å². The van der Waals surface area contributed by atoms with Crippen molar-refractivity contribution in [2.45, 2.75) is 71.8 Å². The maximum atomic E-state index is 14.0. The van der Waals surface area contributed by atoms with E-state index in [-0.39, 0.29) is 23.4 Å². The number of ether oxygens (including phenoxy) is 2. The molecule has 0 bridgehead atoms. The molecule has 0 radical (unpaired) electrons. The number of hydrogen-bond acceptors (Lipinski definition) is 5. The molecule has 1 fully saturated rings. The summed E-state index contributed by atoms with van der Waals surface area (Å²) in [6.45, 7) is 8.88. The van der Waals surface area contributed by atoms with E-state index in [9.17, 15) is 14.0 Å². The highest BCUT2D eigenvalue weighted by molar-refractivity contribution is 5.98. The van der Waals surface area contributed by atoms with Crippen molar-refractivity contribution >= 4 is 24.0 Å². The van der Waals surface area contributed by atoms with Gasteiger partial charge < -0.3 is 19.7 Å². The molecule has 1 saturated carbocycles. The minimum atomic E-state index is -0.417. The van der Waals surface area contributed by atoms with Crippen molar-refractivity contribution in [2.24, 2.45) is 11.8 Å². The van der Waals surface area contributed by atoms with E-state index in [0.29, 0.717) is 48.6 Å². The Labute approximate surface area is 272 Å². The molecular weight excluding hydrogens is 579 g/mol. The highest BCUT2D eigenvalue weighted by atomic mass is 19.1. The summed E-state index contributed by atoms with van der Waals surface area (Å²) in [4.78, 5) is 28.9. The fraction of sp³-hybridized carbons (Fsp3) is 0.436. The molecule has 5 rings (SSSR count). The first-order valence-corrected chi connectivity index (χ1v) is 16.8. The van der Waals surface area contributed by atoms with Gasteiger partial charge >= 0.3 is 0 Å². The van der Waals surface area contributed by atoms with Gasteiger partial charge in [0.15, 0.2) is 17.3 Å². The number of amides is 1. The molecule has 0 spiro atoms. The molecule has 1 N–H and O–H groups in total. The number of nitrogens with one attached hydrogen (secondary N) is 1. The number of hydrogen-bond donors (Lipinski definition) is 1. The van der Waals surface area contributed by atoms with Crippen molar-refractivity contribution < 1.29 is 23.5 Å². The summed E-state index contributed by atoms with van der Waals surface area (Å²) in [5.41, 5.74) is 2.40. The van der Waals surface area contributed by atoms with Crippen LogP contribution in [0.3, 0.4) is 0 Å². The van der Waals surface area contributed by atoms with Crippen molar-refractivity contribution in [1.29, 1.82) is 0 Å². The number of benzene rings is 3. The van der Waals surface area contributed by atoms with Crippen LogP contribution in [0.4, 0.5) is 4.39 Å². The van der Waals surface area contributed by atoms with Crippen molar-refractivity contribution in [3.05, 3.63) is 93.6 Å². The van der Waals surface area contributed by atoms with E-state index >= 15 is 0 Å². The molecule has 6 nitrogen and oxygen atoms in total. The number of rotatable bonds is 11. The largest absolute Gasteiger partial charge is 0.454 e. The van der Waals surface area contributed by atoms with Gasteiger partial charge in [0, 0.05) is 54.2 Å². The van der Waals surface area contributed by atoms with E-state index in [1.807, 2.05) is 19.9 Å². The number of ketones is 1. The zero-order valence-corrected chi connectivity index (χ0v) is 27.4. The number of nitrogens with zero attached hydrogens (tertiary/aromatic N) is 1. The lowest BCUT2D eigenvalue weighted by atomic mass is 9.82. The van der Waals surface area contributed by atoms with Crippen LogP contribution in [0.5, 0.6) is 11.5 Å². The van der Waals surface area contributed by atoms with E-state index in [2.05, 4.69) is 35.5 Å². The fourth-order valence-electron chi connectivity index (χ4n) is 6.69. The minimum absolute atomic E-state index is 0.0187. The van der Waals surface area contributed by atoms with Crippen molar-refractivity contribution in [2.75, 3.05) is 26.3 Å². The molecule has 7 heteroatoms. The smallest absolute Gasteiger partial charge is 0.251 e. The van der Waals surface area contributed by atoms with Gasteiger partial charge in [-0.15, -0.1) is 0 Å². The highest BCUT2D eigenvalue weighted by Gasteiger charge is 2.25. The van der Waals surface area contributed by atoms with Crippen LogP contribution < -0.4 is 20.5 Å². The molecule has 0 saturated heterocycles. The molecule has 3 aromatic carbocycles. The zero-order chi connectivity index (χ0) is 32.5. The molecule has 244 valence electrons. The summed E-state index contributed by atoms with van der Waals surface area (Å²) in [7, 11) is 0. The number of fused-ring (bicyclic) bond motifs is 1. The Morgan fingerprint density at radius 3 is 2.43 bits per heavy atom. The lowest BCUT2D eigenvalue weighted by molar-refractivity contribution is 0.0889. The maximum Gasteiger partial charge on any atom is 0.251 e. The van der Waals surface area contributed by atoms with Crippen LogP contribution in [-0.4, -0.2) is 48.9 Å². The summed E-state index contributed by atoms with van der Waals surface area (Å²) in [5, 5.41) is 5.30. The third-order valence-electron chi connectivity index (χ3n) is 9.44. The Hall–Kier alpha value is -3.97. The highest BCUT2D eigenvalue weighted by Crippen LogP contribution is 2.31. The number of carbonyl (C=O) groups excluding carboxylic acids is 2. The van der Waals surface area contributed by atoms with Crippen molar-refractivity contribution in [1.82, 2.24) is 10.2 Å². The van der Waals surface area contributed by atoms with Gasteiger partial charge in [-0.3, -0.25) is 9.59 Å². The van der Waals surface area contributed by atoms with E-state index in [0.717, 1.165) is 62.3 Å². The van der Waals surface area contributed by atoms with Gasteiger partial charge in [-0.25, -0.2) is 4.39 Å². The zero-order valence-electron chi connectivity index (χ0n) is 27.4. The number of halogens is 1. The SMILES string of the molecule is CCOCCNC(=O)c1ccc2c(c1C)=CN(CC1CCCC(C(=O)c3ccc(Oc4ccccc4F)cc3)CCC1)C(C)CC=2. The van der Waals surface area contributed by atoms with Crippen molar-refractivity contribution in [3.63, 3.8) is 0 Å². The Kier molecular flexibility index (Phi) is 11.6. The predicted molar refractivity (Wildman–Crippen MR) is 181 cm³/mol. The quantitative estimate of drug-likeness (QED) is 0.188. The minimum Gasteiger partial charge on any atom is -0.454 e. The van der Waals surface area contributed by atoms with Gasteiger partial charge in [-0.1, -0.05) is 37.1 Å². The van der Waals surface area contributed by atoms with Crippen molar-refractivity contribution in [3.8, 4) is 11.5 Å². The van der Waals surface area contributed by atoms with Crippen LogP contribution in [0, 0.1) is 24.6 Å². The van der Waals surface area contributed by atoms with Crippen LogP contribution in [0.1, 0.15) is 85.1 Å². The summed E-state index contributed by atoms with van der Waals surface area (Å²) < 4.78 is 25.0. The van der Waals surface area contributed by atoms with Gasteiger partial charge in [0.1, 0.15) is 5.75 Å². The third-order valence-corrected chi connectivity index (χ3v) is 9.44. The van der Waals surface area contributed by atoms with Crippen LogP contribution in [-0.2, 0) is 4.74 Å². The second-order valence-corrected chi connectivity index (χ2v) is 12.7. The summed E-state index contributed by atoms with van der Waals surface area (Å²) in [6, 6.07) is 17.8. The second-order valence-electron chi connectivity index (χ2n) is 12.7. The Balaban J connectivity index is 1.19. The topological polar surface area (TPSA) is 67.9 Å². The fourth-order valence-corrected chi connectivity index (χ4v) is 6.69. The van der Waals surface area contributed by atoms with Gasteiger partial charge in [-0.05, 0) is 112 Å². The van der Waals surface area contributed by atoms with E-state index in [1.165, 1.54) is 11.3 Å². The summed E-state index contributed by atoms with van der Waals surface area (Å²) in [5.74, 6) is 0.955.